The number of nitro groups is 1. The number of nitrogens with zero attached hydrogens (tertiary/aromatic N) is 1. The molecule has 236 valence electrons. The minimum absolute atomic E-state index is 0.0457. The maximum absolute atomic E-state index is 12.0. The third-order valence-corrected chi connectivity index (χ3v) is 6.70. The number of benzene rings is 1. The molecule has 42 heavy (non-hydrogen) atoms. The maximum Gasteiger partial charge on any atom is 0.397 e. The number of hydrogen-bond acceptors (Lipinski definition) is 15. The van der Waals surface area contributed by atoms with E-state index in [1.807, 2.05) is 0 Å². The highest BCUT2D eigenvalue weighted by molar-refractivity contribution is 7.80. The molecule has 1 aromatic rings. The van der Waals surface area contributed by atoms with Crippen molar-refractivity contribution in [3.05, 3.63) is 34.4 Å². The van der Waals surface area contributed by atoms with Crippen LogP contribution in [-0.4, -0.2) is 125 Å². The van der Waals surface area contributed by atoms with E-state index < -0.39 is 102 Å². The van der Waals surface area contributed by atoms with E-state index in [0.29, 0.717) is 0 Å². The summed E-state index contributed by atoms with van der Waals surface area (Å²) >= 11 is 0. The lowest BCUT2D eigenvalue weighted by Crippen LogP contribution is -2.69. The highest BCUT2D eigenvalue weighted by atomic mass is 32.3. The molecule has 0 bridgehead atoms. The summed E-state index contributed by atoms with van der Waals surface area (Å²) in [4.78, 5) is 34.1. The number of carbonyl (C=O) groups excluding carboxylic acids is 2. The van der Waals surface area contributed by atoms with Gasteiger partial charge in [-0.2, -0.15) is 8.42 Å². The standard InChI is InChI=1S/C22H31N3O16S/c1-9(27)23-15-18(30)17(29)14(8-37-42(34,35)36)40-22(15)41-20-13(7-26)39-21(16(19(20)31)24-10(2)28)38-12-5-3-11(4-6-12)25(32)33/h3-6,13-22,26,29-31H,7-8H2,1-2H3,(H,23,27)(H,24,28)(H,34,35,36)/t13-,14-,15-,16-,17-,18-,19-,20-,21+,22+/m1/s1. The number of nitrogens with one attached hydrogen (secondary N) is 2. The number of aliphatic hydroxyl groups is 4. The summed E-state index contributed by atoms with van der Waals surface area (Å²) < 4.78 is 57.9. The van der Waals surface area contributed by atoms with E-state index >= 15 is 0 Å². The van der Waals surface area contributed by atoms with Crippen LogP contribution in [0.2, 0.25) is 0 Å². The largest absolute Gasteiger partial charge is 0.463 e. The fourth-order valence-electron chi connectivity index (χ4n) is 4.39. The normalized spacial score (nSPS) is 33.4. The maximum atomic E-state index is 12.0. The molecule has 0 saturated carbocycles. The molecule has 0 aliphatic carbocycles. The van der Waals surface area contributed by atoms with E-state index in [2.05, 4.69) is 14.8 Å². The Morgan fingerprint density at radius 3 is 2.00 bits per heavy atom. The molecule has 1 aromatic carbocycles. The van der Waals surface area contributed by atoms with Gasteiger partial charge >= 0.3 is 10.4 Å². The summed E-state index contributed by atoms with van der Waals surface area (Å²) in [6, 6.07) is 1.86. The fourth-order valence-corrected chi connectivity index (χ4v) is 4.69. The second-order valence-corrected chi connectivity index (χ2v) is 10.5. The smallest absolute Gasteiger partial charge is 0.397 e. The predicted molar refractivity (Wildman–Crippen MR) is 134 cm³/mol. The average Bonchev–Trinajstić information content (AvgIpc) is 2.90. The van der Waals surface area contributed by atoms with E-state index in [1.165, 1.54) is 12.1 Å². The summed E-state index contributed by atoms with van der Waals surface area (Å²) in [5, 5.41) is 58.0. The van der Waals surface area contributed by atoms with Crippen LogP contribution < -0.4 is 15.4 Å². The van der Waals surface area contributed by atoms with Crippen LogP contribution in [0.15, 0.2) is 24.3 Å². The Morgan fingerprint density at radius 2 is 1.50 bits per heavy atom. The topological polar surface area (TPSA) is 283 Å². The molecule has 2 aliphatic rings. The Labute approximate surface area is 238 Å². The molecule has 0 radical (unpaired) electrons. The lowest BCUT2D eigenvalue weighted by molar-refractivity contribution is -0.384. The third kappa shape index (κ3) is 8.50. The summed E-state index contributed by atoms with van der Waals surface area (Å²) in [7, 11) is -4.98. The number of ether oxygens (including phenoxy) is 4. The quantitative estimate of drug-likeness (QED) is 0.0720. The van der Waals surface area contributed by atoms with Crippen LogP contribution in [0.3, 0.4) is 0 Å². The molecule has 10 atom stereocenters. The lowest BCUT2D eigenvalue weighted by Gasteiger charge is -2.48. The van der Waals surface area contributed by atoms with Gasteiger partial charge in [-0.1, -0.05) is 0 Å². The summed E-state index contributed by atoms with van der Waals surface area (Å²) in [5.41, 5.74) is -0.235. The molecular weight excluding hydrogens is 594 g/mol. The van der Waals surface area contributed by atoms with E-state index in [-0.39, 0.29) is 11.4 Å². The van der Waals surface area contributed by atoms with Crippen molar-refractivity contribution in [3.8, 4) is 5.75 Å². The Kier molecular flexibility index (Phi) is 11.1. The molecule has 19 nitrogen and oxygen atoms in total. The molecule has 20 heteroatoms. The highest BCUT2D eigenvalue weighted by Gasteiger charge is 2.52. The molecule has 2 aliphatic heterocycles. The van der Waals surface area contributed by atoms with Gasteiger partial charge in [0, 0.05) is 26.0 Å². The first-order valence-electron chi connectivity index (χ1n) is 12.3. The number of amides is 2. The highest BCUT2D eigenvalue weighted by Crippen LogP contribution is 2.31. The molecule has 2 amide bonds. The summed E-state index contributed by atoms with van der Waals surface area (Å²) in [6.07, 6.45) is -13.3. The van der Waals surface area contributed by atoms with Gasteiger partial charge in [-0.15, -0.1) is 0 Å². The number of nitro benzene ring substituents is 1. The first-order valence-corrected chi connectivity index (χ1v) is 13.7. The van der Waals surface area contributed by atoms with Gasteiger partial charge in [0.15, 0.2) is 6.29 Å². The second kappa shape index (κ2) is 13.9. The van der Waals surface area contributed by atoms with E-state index in [0.717, 1.165) is 26.0 Å². The van der Waals surface area contributed by atoms with Crippen LogP contribution in [0.25, 0.3) is 0 Å². The zero-order valence-corrected chi connectivity index (χ0v) is 22.9. The Bertz CT molecular complexity index is 1220. The molecule has 3 rings (SSSR count). The second-order valence-electron chi connectivity index (χ2n) is 9.37. The minimum atomic E-state index is -4.98. The number of aliphatic hydroxyl groups excluding tert-OH is 4. The van der Waals surface area contributed by atoms with Crippen LogP contribution in [0.4, 0.5) is 5.69 Å². The van der Waals surface area contributed by atoms with Crippen molar-refractivity contribution in [1.29, 1.82) is 0 Å². The monoisotopic (exact) mass is 625 g/mol. The predicted octanol–water partition coefficient (Wildman–Crippen LogP) is -3.29. The summed E-state index contributed by atoms with van der Waals surface area (Å²) in [6.45, 7) is 0.396. The van der Waals surface area contributed by atoms with Crippen LogP contribution in [0, 0.1) is 10.1 Å². The zero-order valence-electron chi connectivity index (χ0n) is 22.1. The fraction of sp³-hybridized carbons (Fsp3) is 0.636. The first-order chi connectivity index (χ1) is 19.6. The van der Waals surface area contributed by atoms with Gasteiger partial charge in [-0.3, -0.25) is 24.3 Å². The van der Waals surface area contributed by atoms with E-state index in [1.54, 1.807) is 0 Å². The van der Waals surface area contributed by atoms with Gasteiger partial charge in [0.25, 0.3) is 5.69 Å². The van der Waals surface area contributed by atoms with Crippen molar-refractivity contribution in [3.63, 3.8) is 0 Å². The van der Waals surface area contributed by atoms with Crippen LogP contribution in [0.1, 0.15) is 13.8 Å². The molecule has 2 fully saturated rings. The first kappa shape index (κ1) is 33.5. The Balaban J connectivity index is 1.88. The van der Waals surface area contributed by atoms with Crippen molar-refractivity contribution in [2.24, 2.45) is 0 Å². The van der Waals surface area contributed by atoms with Gasteiger partial charge < -0.3 is 50.0 Å². The molecule has 0 unspecified atom stereocenters. The Hall–Kier alpha value is -3.05. The average molecular weight is 626 g/mol. The minimum Gasteiger partial charge on any atom is -0.463 e. The van der Waals surface area contributed by atoms with Crippen LogP contribution in [-0.2, 0) is 38.4 Å². The van der Waals surface area contributed by atoms with Gasteiger partial charge in [0.2, 0.25) is 18.1 Å². The van der Waals surface area contributed by atoms with Crippen LogP contribution in [0.5, 0.6) is 5.75 Å². The van der Waals surface area contributed by atoms with Crippen molar-refractivity contribution >= 4 is 27.9 Å². The molecule has 0 spiro atoms. The van der Waals surface area contributed by atoms with Crippen LogP contribution >= 0.6 is 0 Å². The van der Waals surface area contributed by atoms with Gasteiger partial charge in [-0.05, 0) is 12.1 Å². The molecule has 7 N–H and O–H groups in total. The van der Waals surface area contributed by atoms with Gasteiger partial charge in [0.05, 0.1) is 18.1 Å². The van der Waals surface area contributed by atoms with Crippen molar-refractivity contribution in [2.75, 3.05) is 13.2 Å². The number of carbonyl (C=O) groups is 2. The molecule has 2 heterocycles. The number of rotatable bonds is 11. The Morgan fingerprint density at radius 1 is 0.952 bits per heavy atom. The van der Waals surface area contributed by atoms with Gasteiger partial charge in [0.1, 0.15) is 54.5 Å². The van der Waals surface area contributed by atoms with E-state index in [4.69, 9.17) is 23.5 Å². The zero-order chi connectivity index (χ0) is 31.4. The van der Waals surface area contributed by atoms with E-state index in [9.17, 15) is 48.5 Å². The molecule has 2 saturated heterocycles. The number of non-ortho nitro benzene ring substituents is 1. The van der Waals surface area contributed by atoms with Crippen molar-refractivity contribution in [2.45, 2.75) is 75.1 Å². The third-order valence-electron chi connectivity index (χ3n) is 6.27. The molecular formula is C22H31N3O16S. The number of hydrogen-bond donors (Lipinski definition) is 7. The van der Waals surface area contributed by atoms with Crippen molar-refractivity contribution in [1.82, 2.24) is 10.6 Å². The SMILES string of the molecule is CC(=O)N[C@H]1[C@@H](Oc2ccc([N+](=O)[O-])cc2)O[C@H](CO)[C@@H](O[C@@H]2O[C@H](COS(=O)(=O)O)[C@@H](O)[C@H](O)[C@H]2NC(C)=O)[C@@H]1O. The summed E-state index contributed by atoms with van der Waals surface area (Å²) in [5.74, 6) is -1.31. The van der Waals surface area contributed by atoms with Crippen molar-refractivity contribution < 1.29 is 71.0 Å². The van der Waals surface area contributed by atoms with Gasteiger partial charge in [-0.25, -0.2) is 4.18 Å². The molecule has 0 aromatic heterocycles. The lowest BCUT2D eigenvalue weighted by atomic mass is 9.94.